The Morgan fingerprint density at radius 1 is 1.50 bits per heavy atom. The smallest absolute Gasteiger partial charge is 0.258 e. The molecule has 2 aromatic rings. The quantitative estimate of drug-likeness (QED) is 0.463. The van der Waals surface area contributed by atoms with E-state index in [1.807, 2.05) is 0 Å². The second-order valence-corrected chi connectivity index (χ2v) is 4.08. The van der Waals surface area contributed by atoms with Crippen LogP contribution in [0, 0.1) is 15.2 Å². The molecule has 14 heavy (non-hydrogen) atoms. The van der Waals surface area contributed by atoms with Crippen molar-refractivity contribution in [1.82, 2.24) is 0 Å². The van der Waals surface area contributed by atoms with Crippen LogP contribution in [-0.4, -0.2) is 4.92 Å². The number of halogens is 1. The zero-order valence-electron chi connectivity index (χ0n) is 6.73. The fraction of sp³-hybridized carbons (Fsp3) is 0. The molecular formula is C8H4FNO2S2. The second kappa shape index (κ2) is 3.21. The number of rotatable bonds is 1. The van der Waals surface area contributed by atoms with Crippen LogP contribution in [0.15, 0.2) is 23.1 Å². The van der Waals surface area contributed by atoms with Crippen LogP contribution in [0.1, 0.15) is 0 Å². The van der Waals surface area contributed by atoms with Gasteiger partial charge in [-0.1, -0.05) is 6.07 Å². The molecule has 0 unspecified atom stereocenters. The van der Waals surface area contributed by atoms with Gasteiger partial charge in [-0.2, -0.15) is 4.39 Å². The van der Waals surface area contributed by atoms with Crippen LogP contribution in [0.25, 0.3) is 10.1 Å². The number of nitro benzene ring substituents is 1. The third-order valence-corrected chi connectivity index (χ3v) is 3.34. The minimum Gasteiger partial charge on any atom is -0.258 e. The standard InChI is InChI=1S/C8H4FNO2S2/c9-8-7(13)6-4(10(11)12)2-1-3-5(6)14-8/h1-3,13H. The predicted molar refractivity (Wildman–Crippen MR) is 55.7 cm³/mol. The van der Waals surface area contributed by atoms with Gasteiger partial charge >= 0.3 is 0 Å². The molecule has 1 heterocycles. The number of benzene rings is 1. The maximum atomic E-state index is 13.1. The van der Waals surface area contributed by atoms with Crippen molar-refractivity contribution in [2.45, 2.75) is 4.90 Å². The van der Waals surface area contributed by atoms with Crippen LogP contribution in [0.5, 0.6) is 0 Å². The average Bonchev–Trinajstić information content (AvgIpc) is 2.43. The van der Waals surface area contributed by atoms with Gasteiger partial charge in [0.15, 0.2) is 5.13 Å². The summed E-state index contributed by atoms with van der Waals surface area (Å²) in [6.07, 6.45) is 0. The lowest BCUT2D eigenvalue weighted by atomic mass is 10.2. The summed E-state index contributed by atoms with van der Waals surface area (Å²) in [6.45, 7) is 0. The Morgan fingerprint density at radius 2 is 2.21 bits per heavy atom. The molecule has 0 aliphatic rings. The molecular weight excluding hydrogens is 225 g/mol. The van der Waals surface area contributed by atoms with E-state index in [9.17, 15) is 14.5 Å². The van der Waals surface area contributed by atoms with Gasteiger partial charge in [-0.05, 0) is 6.07 Å². The largest absolute Gasteiger partial charge is 0.279 e. The summed E-state index contributed by atoms with van der Waals surface area (Å²) in [5, 5.41) is 10.4. The molecule has 0 saturated heterocycles. The highest BCUT2D eigenvalue weighted by Gasteiger charge is 2.18. The number of hydrogen-bond donors (Lipinski definition) is 1. The molecule has 0 spiro atoms. The van der Waals surface area contributed by atoms with E-state index in [-0.39, 0.29) is 16.0 Å². The fourth-order valence-electron chi connectivity index (χ4n) is 1.24. The molecule has 3 nitrogen and oxygen atoms in total. The summed E-state index contributed by atoms with van der Waals surface area (Å²) in [4.78, 5) is 10.1. The van der Waals surface area contributed by atoms with E-state index < -0.39 is 10.1 Å². The third-order valence-electron chi connectivity index (χ3n) is 1.82. The van der Waals surface area contributed by atoms with Gasteiger partial charge in [0.25, 0.3) is 5.69 Å². The average molecular weight is 229 g/mol. The number of fused-ring (bicyclic) bond motifs is 1. The van der Waals surface area contributed by atoms with Crippen molar-refractivity contribution in [2.24, 2.45) is 0 Å². The zero-order chi connectivity index (χ0) is 10.3. The molecule has 0 aliphatic heterocycles. The van der Waals surface area contributed by atoms with Gasteiger partial charge in [0.05, 0.1) is 15.2 Å². The SMILES string of the molecule is O=[N+]([O-])c1cccc2sc(F)c(S)c12. The summed E-state index contributed by atoms with van der Waals surface area (Å²) in [5.74, 6) is 0. The normalized spacial score (nSPS) is 10.7. The van der Waals surface area contributed by atoms with E-state index in [1.165, 1.54) is 12.1 Å². The minimum absolute atomic E-state index is 0.0531. The van der Waals surface area contributed by atoms with Crippen LogP contribution in [0.4, 0.5) is 10.1 Å². The predicted octanol–water partition coefficient (Wildman–Crippen LogP) is 3.24. The lowest BCUT2D eigenvalue weighted by Crippen LogP contribution is -1.87. The van der Waals surface area contributed by atoms with Crippen LogP contribution >= 0.6 is 24.0 Å². The van der Waals surface area contributed by atoms with Crippen molar-refractivity contribution in [1.29, 1.82) is 0 Å². The van der Waals surface area contributed by atoms with Crippen molar-refractivity contribution >= 4 is 39.7 Å². The van der Waals surface area contributed by atoms with E-state index in [2.05, 4.69) is 12.6 Å². The van der Waals surface area contributed by atoms with Crippen molar-refractivity contribution in [3.63, 3.8) is 0 Å². The van der Waals surface area contributed by atoms with Crippen molar-refractivity contribution < 1.29 is 9.31 Å². The van der Waals surface area contributed by atoms with Gasteiger partial charge in [-0.25, -0.2) is 0 Å². The Kier molecular flexibility index (Phi) is 2.16. The third kappa shape index (κ3) is 1.27. The van der Waals surface area contributed by atoms with E-state index in [4.69, 9.17) is 0 Å². The monoisotopic (exact) mass is 229 g/mol. The number of nitrogens with zero attached hydrogens (tertiary/aromatic N) is 1. The maximum absolute atomic E-state index is 13.1. The molecule has 0 fully saturated rings. The Hall–Kier alpha value is -1.14. The van der Waals surface area contributed by atoms with Crippen molar-refractivity contribution in [3.8, 4) is 0 Å². The first kappa shape index (κ1) is 9.42. The minimum atomic E-state index is -0.534. The van der Waals surface area contributed by atoms with Crippen LogP contribution in [0.2, 0.25) is 0 Å². The fourth-order valence-corrected chi connectivity index (χ4v) is 2.53. The summed E-state index contributed by atoms with van der Waals surface area (Å²) in [7, 11) is 0. The second-order valence-electron chi connectivity index (χ2n) is 2.63. The first-order chi connectivity index (χ1) is 6.61. The van der Waals surface area contributed by atoms with E-state index in [0.29, 0.717) is 4.70 Å². The summed E-state index contributed by atoms with van der Waals surface area (Å²) < 4.78 is 13.6. The van der Waals surface area contributed by atoms with E-state index >= 15 is 0 Å². The summed E-state index contributed by atoms with van der Waals surface area (Å²) in [5.41, 5.74) is -0.104. The molecule has 1 aromatic heterocycles. The summed E-state index contributed by atoms with van der Waals surface area (Å²) >= 11 is 4.77. The lowest BCUT2D eigenvalue weighted by Gasteiger charge is -1.93. The highest BCUT2D eigenvalue weighted by atomic mass is 32.1. The van der Waals surface area contributed by atoms with Gasteiger partial charge < -0.3 is 0 Å². The molecule has 6 heteroatoms. The van der Waals surface area contributed by atoms with Gasteiger partial charge in [-0.3, -0.25) is 10.1 Å². The Bertz CT molecular complexity index is 523. The highest BCUT2D eigenvalue weighted by Crippen LogP contribution is 2.38. The number of hydrogen-bond acceptors (Lipinski definition) is 4. The molecule has 0 bridgehead atoms. The van der Waals surface area contributed by atoms with Gasteiger partial charge in [0.1, 0.15) is 0 Å². The molecule has 0 N–H and O–H groups in total. The molecule has 0 atom stereocenters. The van der Waals surface area contributed by atoms with Gasteiger partial charge in [0, 0.05) is 10.8 Å². The molecule has 72 valence electrons. The van der Waals surface area contributed by atoms with Crippen LogP contribution < -0.4 is 0 Å². The van der Waals surface area contributed by atoms with E-state index in [0.717, 1.165) is 11.3 Å². The van der Waals surface area contributed by atoms with Crippen LogP contribution in [-0.2, 0) is 0 Å². The molecule has 0 amide bonds. The molecule has 0 saturated carbocycles. The Labute approximate surface area is 87.7 Å². The summed E-state index contributed by atoms with van der Waals surface area (Å²) in [6, 6.07) is 4.51. The Morgan fingerprint density at radius 3 is 2.86 bits per heavy atom. The Balaban J connectivity index is 2.91. The first-order valence-electron chi connectivity index (χ1n) is 3.65. The molecule has 0 aliphatic carbocycles. The zero-order valence-corrected chi connectivity index (χ0v) is 8.44. The van der Waals surface area contributed by atoms with Crippen LogP contribution in [0.3, 0.4) is 0 Å². The molecule has 1 aromatic carbocycles. The lowest BCUT2D eigenvalue weighted by molar-refractivity contribution is -0.383. The number of non-ortho nitro benzene ring substituents is 1. The first-order valence-corrected chi connectivity index (χ1v) is 4.92. The number of thiol groups is 1. The highest BCUT2D eigenvalue weighted by molar-refractivity contribution is 7.80. The number of nitro groups is 1. The molecule has 2 rings (SSSR count). The number of thiophene rings is 1. The van der Waals surface area contributed by atoms with Gasteiger partial charge in [-0.15, -0.1) is 24.0 Å². The van der Waals surface area contributed by atoms with Gasteiger partial charge in [0.2, 0.25) is 0 Å². The van der Waals surface area contributed by atoms with E-state index in [1.54, 1.807) is 6.07 Å². The topological polar surface area (TPSA) is 43.1 Å². The van der Waals surface area contributed by atoms with Crippen molar-refractivity contribution in [2.75, 3.05) is 0 Å². The molecule has 0 radical (unpaired) electrons. The maximum Gasteiger partial charge on any atom is 0.279 e. The van der Waals surface area contributed by atoms with Crippen molar-refractivity contribution in [3.05, 3.63) is 33.4 Å².